The Labute approximate surface area is 106 Å². The SMILES string of the molecule is C=C/C=C(/C#Cc1ccccc1C(=O)NO)C=C. The van der Waals surface area contributed by atoms with Crippen molar-refractivity contribution in [1.29, 1.82) is 0 Å². The van der Waals surface area contributed by atoms with Crippen molar-refractivity contribution in [3.63, 3.8) is 0 Å². The second kappa shape index (κ2) is 6.89. The molecular formula is C15H13NO2. The fraction of sp³-hybridized carbons (Fsp3) is 0. The Kier molecular flexibility index (Phi) is 5.17. The van der Waals surface area contributed by atoms with Crippen LogP contribution >= 0.6 is 0 Å². The summed E-state index contributed by atoms with van der Waals surface area (Å²) in [6.45, 7) is 7.20. The lowest BCUT2D eigenvalue weighted by Gasteiger charge is -2.00. The van der Waals surface area contributed by atoms with Crippen LogP contribution in [0.4, 0.5) is 0 Å². The normalized spacial score (nSPS) is 9.94. The fourth-order valence-electron chi connectivity index (χ4n) is 1.28. The molecule has 1 rings (SSSR count). The van der Waals surface area contributed by atoms with Crippen molar-refractivity contribution in [2.75, 3.05) is 0 Å². The van der Waals surface area contributed by atoms with Gasteiger partial charge in [0.25, 0.3) is 5.91 Å². The zero-order valence-electron chi connectivity index (χ0n) is 9.81. The summed E-state index contributed by atoms with van der Waals surface area (Å²) < 4.78 is 0. The van der Waals surface area contributed by atoms with Crippen LogP contribution in [0.3, 0.4) is 0 Å². The van der Waals surface area contributed by atoms with Gasteiger partial charge in [-0.3, -0.25) is 10.0 Å². The molecule has 0 radical (unpaired) electrons. The summed E-state index contributed by atoms with van der Waals surface area (Å²) in [4.78, 5) is 11.4. The summed E-state index contributed by atoms with van der Waals surface area (Å²) in [6, 6.07) is 6.75. The van der Waals surface area contributed by atoms with Crippen LogP contribution in [-0.2, 0) is 0 Å². The third-order valence-corrected chi connectivity index (χ3v) is 2.13. The van der Waals surface area contributed by atoms with Gasteiger partial charge in [-0.15, -0.1) is 0 Å². The van der Waals surface area contributed by atoms with Gasteiger partial charge in [0.15, 0.2) is 0 Å². The average molecular weight is 239 g/mol. The van der Waals surface area contributed by atoms with E-state index in [1.54, 1.807) is 48.0 Å². The standard InChI is InChI=1S/C15H13NO2/c1-3-7-12(4-2)10-11-13-8-5-6-9-14(13)15(17)16-18/h3-9,18H,1-2H2,(H,16,17)/b12-7+. The molecule has 0 bridgehead atoms. The van der Waals surface area contributed by atoms with Gasteiger partial charge in [0, 0.05) is 11.1 Å². The Hall–Kier alpha value is -2.57. The molecule has 0 spiro atoms. The highest BCUT2D eigenvalue weighted by Crippen LogP contribution is 2.07. The second-order valence-corrected chi connectivity index (χ2v) is 3.30. The van der Waals surface area contributed by atoms with Crippen LogP contribution in [0.25, 0.3) is 0 Å². The van der Waals surface area contributed by atoms with E-state index in [-0.39, 0.29) is 0 Å². The van der Waals surface area contributed by atoms with Gasteiger partial charge in [0.1, 0.15) is 0 Å². The number of allylic oxidation sites excluding steroid dienone is 4. The zero-order valence-corrected chi connectivity index (χ0v) is 9.81. The molecule has 3 nitrogen and oxygen atoms in total. The van der Waals surface area contributed by atoms with E-state index in [2.05, 4.69) is 25.0 Å². The fourth-order valence-corrected chi connectivity index (χ4v) is 1.28. The molecule has 0 aliphatic carbocycles. The Morgan fingerprint density at radius 1 is 1.33 bits per heavy atom. The highest BCUT2D eigenvalue weighted by atomic mass is 16.5. The van der Waals surface area contributed by atoms with Crippen LogP contribution in [0.2, 0.25) is 0 Å². The number of amides is 1. The topological polar surface area (TPSA) is 49.3 Å². The van der Waals surface area contributed by atoms with Crippen molar-refractivity contribution in [2.45, 2.75) is 0 Å². The Morgan fingerprint density at radius 2 is 2.06 bits per heavy atom. The molecule has 1 aromatic rings. The molecule has 1 aromatic carbocycles. The first-order chi connectivity index (χ1) is 8.72. The number of hydrogen-bond donors (Lipinski definition) is 2. The molecule has 0 saturated carbocycles. The van der Waals surface area contributed by atoms with E-state index in [4.69, 9.17) is 5.21 Å². The van der Waals surface area contributed by atoms with Gasteiger partial charge in [-0.25, -0.2) is 5.48 Å². The van der Waals surface area contributed by atoms with Crippen LogP contribution < -0.4 is 5.48 Å². The maximum Gasteiger partial charge on any atom is 0.275 e. The van der Waals surface area contributed by atoms with Gasteiger partial charge < -0.3 is 0 Å². The first kappa shape index (κ1) is 13.5. The summed E-state index contributed by atoms with van der Waals surface area (Å²) in [7, 11) is 0. The number of rotatable bonds is 3. The number of carbonyl (C=O) groups is 1. The zero-order chi connectivity index (χ0) is 13.4. The lowest BCUT2D eigenvalue weighted by molar-refractivity contribution is 0.0706. The van der Waals surface area contributed by atoms with E-state index in [0.29, 0.717) is 16.7 Å². The van der Waals surface area contributed by atoms with Gasteiger partial charge in [0.05, 0.1) is 5.56 Å². The highest BCUT2D eigenvalue weighted by molar-refractivity contribution is 5.95. The first-order valence-corrected chi connectivity index (χ1v) is 5.23. The Balaban J connectivity index is 3.16. The molecule has 0 saturated heterocycles. The molecule has 1 amide bonds. The quantitative estimate of drug-likeness (QED) is 0.368. The molecule has 0 unspecified atom stereocenters. The van der Waals surface area contributed by atoms with Gasteiger partial charge in [-0.1, -0.05) is 49.3 Å². The molecule has 0 fully saturated rings. The largest absolute Gasteiger partial charge is 0.288 e. The lowest BCUT2D eigenvalue weighted by Crippen LogP contribution is -2.19. The number of hydroxylamine groups is 1. The molecular weight excluding hydrogens is 226 g/mol. The van der Waals surface area contributed by atoms with E-state index in [1.807, 2.05) is 0 Å². The molecule has 3 heteroatoms. The minimum Gasteiger partial charge on any atom is -0.288 e. The number of benzene rings is 1. The molecule has 0 aliphatic rings. The van der Waals surface area contributed by atoms with E-state index >= 15 is 0 Å². The van der Waals surface area contributed by atoms with Gasteiger partial charge >= 0.3 is 0 Å². The molecule has 2 N–H and O–H groups in total. The van der Waals surface area contributed by atoms with Gasteiger partial charge in [0.2, 0.25) is 0 Å². The van der Waals surface area contributed by atoms with Crippen LogP contribution in [-0.4, -0.2) is 11.1 Å². The number of nitrogens with one attached hydrogen (secondary N) is 1. The van der Waals surface area contributed by atoms with Crippen molar-refractivity contribution in [1.82, 2.24) is 5.48 Å². The molecule has 0 atom stereocenters. The second-order valence-electron chi connectivity index (χ2n) is 3.30. The Morgan fingerprint density at radius 3 is 2.67 bits per heavy atom. The highest BCUT2D eigenvalue weighted by Gasteiger charge is 2.07. The summed E-state index contributed by atoms with van der Waals surface area (Å²) >= 11 is 0. The summed E-state index contributed by atoms with van der Waals surface area (Å²) in [6.07, 6.45) is 4.93. The molecule has 18 heavy (non-hydrogen) atoms. The third kappa shape index (κ3) is 3.48. The van der Waals surface area contributed by atoms with Crippen LogP contribution in [0, 0.1) is 11.8 Å². The summed E-state index contributed by atoms with van der Waals surface area (Å²) in [5.41, 5.74) is 3.13. The minimum absolute atomic E-state index is 0.314. The van der Waals surface area contributed by atoms with Crippen LogP contribution in [0.15, 0.2) is 61.2 Å². The predicted octanol–water partition coefficient (Wildman–Crippen LogP) is 2.46. The smallest absolute Gasteiger partial charge is 0.275 e. The van der Waals surface area contributed by atoms with E-state index in [1.165, 1.54) is 0 Å². The molecule has 0 heterocycles. The van der Waals surface area contributed by atoms with E-state index < -0.39 is 5.91 Å². The number of hydrogen-bond acceptors (Lipinski definition) is 2. The monoisotopic (exact) mass is 239 g/mol. The van der Waals surface area contributed by atoms with E-state index in [0.717, 1.165) is 0 Å². The van der Waals surface area contributed by atoms with Gasteiger partial charge in [-0.2, -0.15) is 0 Å². The van der Waals surface area contributed by atoms with Crippen molar-refractivity contribution >= 4 is 5.91 Å². The molecule has 0 aliphatic heterocycles. The average Bonchev–Trinajstić information content (AvgIpc) is 2.43. The summed E-state index contributed by atoms with van der Waals surface area (Å²) in [5.74, 6) is 5.13. The van der Waals surface area contributed by atoms with Crippen molar-refractivity contribution in [3.8, 4) is 11.8 Å². The molecule has 90 valence electrons. The van der Waals surface area contributed by atoms with Crippen molar-refractivity contribution in [3.05, 3.63) is 72.4 Å². The summed E-state index contributed by atoms with van der Waals surface area (Å²) in [5, 5.41) is 8.63. The number of carbonyl (C=O) groups excluding carboxylic acids is 1. The Bertz CT molecular complexity index is 559. The minimum atomic E-state index is -0.590. The van der Waals surface area contributed by atoms with Crippen LogP contribution in [0.5, 0.6) is 0 Å². The maximum absolute atomic E-state index is 11.4. The third-order valence-electron chi connectivity index (χ3n) is 2.13. The maximum atomic E-state index is 11.4. The van der Waals surface area contributed by atoms with Crippen molar-refractivity contribution in [2.24, 2.45) is 0 Å². The van der Waals surface area contributed by atoms with E-state index in [9.17, 15) is 4.79 Å². The predicted molar refractivity (Wildman–Crippen MR) is 71.0 cm³/mol. The van der Waals surface area contributed by atoms with Crippen molar-refractivity contribution < 1.29 is 10.0 Å². The lowest BCUT2D eigenvalue weighted by atomic mass is 10.1. The van der Waals surface area contributed by atoms with Crippen LogP contribution in [0.1, 0.15) is 15.9 Å². The first-order valence-electron chi connectivity index (χ1n) is 5.23. The molecule has 0 aromatic heterocycles. The van der Waals surface area contributed by atoms with Gasteiger partial charge in [-0.05, 0) is 18.2 Å².